The Morgan fingerprint density at radius 2 is 1.79 bits per heavy atom. The second-order valence-electron chi connectivity index (χ2n) is 16.1. The molecule has 2 N–H and O–H groups in total. The van der Waals surface area contributed by atoms with Gasteiger partial charge in [0.2, 0.25) is 0 Å². The fourth-order valence-electron chi connectivity index (χ4n) is 10.1. The van der Waals surface area contributed by atoms with E-state index in [1.807, 2.05) is 6.26 Å². The van der Waals surface area contributed by atoms with Crippen molar-refractivity contribution in [3.05, 3.63) is 143 Å². The summed E-state index contributed by atoms with van der Waals surface area (Å²) in [6.45, 7) is 0.897. The molecule has 10 rings (SSSR count). The van der Waals surface area contributed by atoms with Gasteiger partial charge in [0.1, 0.15) is 29.8 Å². The van der Waals surface area contributed by atoms with Crippen molar-refractivity contribution in [2.45, 2.75) is 70.2 Å². The van der Waals surface area contributed by atoms with E-state index in [4.69, 9.17) is 29.6 Å². The van der Waals surface area contributed by atoms with E-state index in [1.54, 1.807) is 0 Å². The maximum atomic E-state index is 6.83. The molecule has 6 nitrogen and oxygen atoms in total. The molecule has 2 bridgehead atoms. The van der Waals surface area contributed by atoms with Crippen LogP contribution in [0.4, 0.5) is 0 Å². The van der Waals surface area contributed by atoms with E-state index in [1.165, 1.54) is 22.3 Å². The van der Waals surface area contributed by atoms with Crippen molar-refractivity contribution in [1.29, 1.82) is 0 Å². The lowest BCUT2D eigenvalue weighted by molar-refractivity contribution is -0.0280. The van der Waals surface area contributed by atoms with Crippen LogP contribution in [-0.2, 0) is 22.5 Å². The Morgan fingerprint density at radius 3 is 2.74 bits per heavy atom. The summed E-state index contributed by atoms with van der Waals surface area (Å²) in [4.78, 5) is 10.3. The van der Waals surface area contributed by atoms with Crippen LogP contribution in [0, 0.1) is 41.4 Å². The van der Waals surface area contributed by atoms with Crippen molar-refractivity contribution in [3.63, 3.8) is 0 Å². The molecule has 0 fully saturated rings. The van der Waals surface area contributed by atoms with Crippen molar-refractivity contribution >= 4 is 23.3 Å². The first-order valence-electron chi connectivity index (χ1n) is 20.0. The van der Waals surface area contributed by atoms with Crippen molar-refractivity contribution in [1.82, 2.24) is 0 Å². The minimum absolute atomic E-state index is 0.132. The summed E-state index contributed by atoms with van der Waals surface area (Å²) in [5.41, 5.74) is 14.3. The van der Waals surface area contributed by atoms with Gasteiger partial charge in [-0.15, -0.1) is 0 Å². The van der Waals surface area contributed by atoms with E-state index in [9.17, 15) is 0 Å². The predicted octanol–water partition coefficient (Wildman–Crippen LogP) is 9.49. The van der Waals surface area contributed by atoms with Crippen LogP contribution in [0.1, 0.15) is 67.6 Å². The minimum Gasteiger partial charge on any atom is -0.493 e. The SMILES string of the molecule is N/C(=N\C(=N/CC1=COCc2oc3c(c21)CC(C1=CCC2OC4C=C(C=CCC4)C2C1)C=C3)C1C=CCCC1)C1=CC2C=CC3C=CC=CC3C2C=C1. The Morgan fingerprint density at radius 1 is 0.868 bits per heavy atom. The highest BCUT2D eigenvalue weighted by Crippen LogP contribution is 2.45. The van der Waals surface area contributed by atoms with Crippen LogP contribution >= 0.6 is 0 Å². The summed E-state index contributed by atoms with van der Waals surface area (Å²) in [6, 6.07) is 0. The second-order valence-corrected chi connectivity index (χ2v) is 16.1. The first kappa shape index (κ1) is 32.9. The molecular formula is C47H49N3O3. The molecule has 9 aliphatic rings. The Bertz CT molecular complexity index is 2070. The smallest absolute Gasteiger partial charge is 0.150 e. The third kappa shape index (κ3) is 6.29. The fraction of sp³-hybridized carbons (Fsp3) is 0.404. The van der Waals surface area contributed by atoms with E-state index in [-0.39, 0.29) is 18.1 Å². The largest absolute Gasteiger partial charge is 0.493 e. The van der Waals surface area contributed by atoms with Crippen molar-refractivity contribution in [2.24, 2.45) is 57.1 Å². The lowest BCUT2D eigenvalue weighted by Crippen LogP contribution is -2.36. The van der Waals surface area contributed by atoms with Gasteiger partial charge >= 0.3 is 0 Å². The van der Waals surface area contributed by atoms with Gasteiger partial charge in [0, 0.05) is 51.9 Å². The fourth-order valence-corrected chi connectivity index (χ4v) is 10.1. The van der Waals surface area contributed by atoms with Gasteiger partial charge in [-0.1, -0.05) is 103 Å². The summed E-state index contributed by atoms with van der Waals surface area (Å²) in [5, 5.41) is 0. The monoisotopic (exact) mass is 703 g/mol. The Balaban J connectivity index is 0.898. The number of hydrogen-bond acceptors (Lipinski definition) is 4. The number of ether oxygens (including phenoxy) is 2. The summed E-state index contributed by atoms with van der Waals surface area (Å²) < 4.78 is 19.0. The molecule has 53 heavy (non-hydrogen) atoms. The zero-order valence-electron chi connectivity index (χ0n) is 30.4. The normalized spacial score (nSPS) is 35.1. The molecule has 1 aromatic rings. The first-order valence-corrected chi connectivity index (χ1v) is 20.0. The molecule has 2 aliphatic heterocycles. The highest BCUT2D eigenvalue weighted by Gasteiger charge is 2.38. The van der Waals surface area contributed by atoms with Gasteiger partial charge in [-0.2, -0.15) is 0 Å². The molecular weight excluding hydrogens is 655 g/mol. The molecule has 1 aromatic heterocycles. The van der Waals surface area contributed by atoms with Crippen molar-refractivity contribution in [3.8, 4) is 0 Å². The number of rotatable bonds is 5. The third-order valence-electron chi connectivity index (χ3n) is 12.9. The van der Waals surface area contributed by atoms with Gasteiger partial charge in [0.15, 0.2) is 0 Å². The van der Waals surface area contributed by atoms with E-state index >= 15 is 0 Å². The van der Waals surface area contributed by atoms with Crippen LogP contribution in [0.2, 0.25) is 0 Å². The molecule has 6 heteroatoms. The number of nitrogens with zero attached hydrogens (tertiary/aromatic N) is 2. The molecule has 7 aliphatic carbocycles. The Kier molecular flexibility index (Phi) is 8.67. The van der Waals surface area contributed by atoms with Crippen molar-refractivity contribution < 1.29 is 13.9 Å². The highest BCUT2D eigenvalue weighted by atomic mass is 16.5. The molecule has 0 radical (unpaired) electrons. The zero-order chi connectivity index (χ0) is 35.3. The van der Waals surface area contributed by atoms with Crippen molar-refractivity contribution in [2.75, 3.05) is 6.54 Å². The standard InChI is InChI=1S/C47H49N3O3/c48-46(35-16-19-39-34(22-35)15-14-29-8-5-7-13-38(29)39)50-47(30-9-2-1-3-10-30)49-26-36-27-51-28-44-45(36)41-25-32(18-21-43(41)53-44)31-17-20-42-40(24-31)33-11-4-6-12-37(23-33)52-42/h2,4-5,7-9,11,13-19,21-23,27,29-30,32,34,37-40,42H,1,3,6,10,12,20,24-26,28H2,(H2,48,49,50). The van der Waals surface area contributed by atoms with Gasteiger partial charge in [-0.05, 0) is 74.9 Å². The van der Waals surface area contributed by atoms with E-state index in [2.05, 4.69) is 103 Å². The van der Waals surface area contributed by atoms with Gasteiger partial charge in [-0.3, -0.25) is 4.99 Å². The second kappa shape index (κ2) is 13.9. The van der Waals surface area contributed by atoms with Crippen LogP contribution < -0.4 is 5.73 Å². The third-order valence-corrected chi connectivity index (χ3v) is 12.9. The van der Waals surface area contributed by atoms with Crippen LogP contribution in [0.15, 0.2) is 135 Å². The van der Waals surface area contributed by atoms with Gasteiger partial charge in [-0.25, -0.2) is 4.99 Å². The van der Waals surface area contributed by atoms with Gasteiger partial charge in [0.25, 0.3) is 0 Å². The predicted molar refractivity (Wildman–Crippen MR) is 213 cm³/mol. The molecule has 9 atom stereocenters. The summed E-state index contributed by atoms with van der Waals surface area (Å²) >= 11 is 0. The number of furan rings is 1. The van der Waals surface area contributed by atoms with E-state index in [0.717, 1.165) is 79.9 Å². The highest BCUT2D eigenvalue weighted by molar-refractivity contribution is 6.08. The molecule has 0 saturated heterocycles. The lowest BCUT2D eigenvalue weighted by Gasteiger charge is -2.39. The summed E-state index contributed by atoms with van der Waals surface area (Å²) in [6.07, 6.45) is 49.9. The first-order chi connectivity index (χ1) is 26.1. The topological polar surface area (TPSA) is 82.3 Å². The number of fused-ring (bicyclic) bond motifs is 9. The molecule has 3 heterocycles. The average Bonchev–Trinajstić information content (AvgIpc) is 3.48. The van der Waals surface area contributed by atoms with Crippen LogP contribution in [0.25, 0.3) is 11.6 Å². The number of nitrogens with two attached hydrogens (primary N) is 1. The quantitative estimate of drug-likeness (QED) is 0.188. The molecule has 0 spiro atoms. The maximum absolute atomic E-state index is 6.83. The van der Waals surface area contributed by atoms with Crippen LogP contribution in [-0.4, -0.2) is 30.4 Å². The maximum Gasteiger partial charge on any atom is 0.150 e. The summed E-state index contributed by atoms with van der Waals surface area (Å²) in [5.74, 6) is 5.78. The number of aliphatic imine (C=N–C) groups is 2. The average molecular weight is 704 g/mol. The molecule has 9 unspecified atom stereocenters. The van der Waals surface area contributed by atoms with Crippen LogP contribution in [0.3, 0.4) is 0 Å². The van der Waals surface area contributed by atoms with Gasteiger partial charge < -0.3 is 19.6 Å². The number of hydrogen-bond donors (Lipinski definition) is 1. The molecule has 0 amide bonds. The Labute approximate surface area is 313 Å². The number of allylic oxidation sites excluding steroid dienone is 13. The Hall–Kier alpha value is -4.68. The minimum atomic E-state index is 0.132. The lowest BCUT2D eigenvalue weighted by atomic mass is 9.67. The molecule has 270 valence electrons. The van der Waals surface area contributed by atoms with Crippen LogP contribution in [0.5, 0.6) is 0 Å². The summed E-state index contributed by atoms with van der Waals surface area (Å²) in [7, 11) is 0. The van der Waals surface area contributed by atoms with E-state index in [0.29, 0.717) is 54.5 Å². The molecule has 0 saturated carbocycles. The van der Waals surface area contributed by atoms with Gasteiger partial charge in [0.05, 0.1) is 25.0 Å². The number of amidine groups is 2. The van der Waals surface area contributed by atoms with E-state index < -0.39 is 0 Å². The zero-order valence-corrected chi connectivity index (χ0v) is 30.4. The molecule has 0 aromatic carbocycles.